The van der Waals surface area contributed by atoms with Gasteiger partial charge in [0.05, 0.1) is 24.1 Å². The van der Waals surface area contributed by atoms with Crippen LogP contribution in [0.1, 0.15) is 12.5 Å². The van der Waals surface area contributed by atoms with Crippen LogP contribution in [0.5, 0.6) is 5.75 Å². The van der Waals surface area contributed by atoms with Crippen molar-refractivity contribution >= 4 is 17.5 Å². The van der Waals surface area contributed by atoms with Gasteiger partial charge in [0.15, 0.2) is 0 Å². The summed E-state index contributed by atoms with van der Waals surface area (Å²) in [5.74, 6) is 0.0304. The van der Waals surface area contributed by atoms with Crippen LogP contribution in [0.3, 0.4) is 0 Å². The molecule has 0 aliphatic heterocycles. The van der Waals surface area contributed by atoms with Crippen molar-refractivity contribution in [1.82, 2.24) is 15.1 Å². The highest BCUT2D eigenvalue weighted by atomic mass is 19.1. The minimum absolute atomic E-state index is 0.174. The average molecular weight is 418 g/mol. The third-order valence-corrected chi connectivity index (χ3v) is 4.79. The molecule has 0 saturated heterocycles. The molecule has 7 nitrogen and oxygen atoms in total. The molecule has 4 aromatic rings. The van der Waals surface area contributed by atoms with Crippen molar-refractivity contribution in [2.45, 2.75) is 13.8 Å². The smallest absolute Gasteiger partial charge is 0.248 e. The second-order valence-electron chi connectivity index (χ2n) is 6.80. The number of carbonyl (C=O) groups is 1. The molecule has 8 heteroatoms. The zero-order chi connectivity index (χ0) is 22.0. The Morgan fingerprint density at radius 1 is 1.16 bits per heavy atom. The zero-order valence-corrected chi connectivity index (χ0v) is 17.2. The number of amides is 1. The highest BCUT2D eigenvalue weighted by Crippen LogP contribution is 2.43. The van der Waals surface area contributed by atoms with E-state index < -0.39 is 0 Å². The maximum Gasteiger partial charge on any atom is 0.248 e. The van der Waals surface area contributed by atoms with Crippen molar-refractivity contribution in [2.75, 3.05) is 12.0 Å². The number of rotatable bonds is 5. The summed E-state index contributed by atoms with van der Waals surface area (Å²) in [5.41, 5.74) is 3.00. The molecule has 0 fully saturated rings. The molecule has 0 saturated carbocycles. The van der Waals surface area contributed by atoms with E-state index in [0.717, 1.165) is 0 Å². The van der Waals surface area contributed by atoms with Gasteiger partial charge >= 0.3 is 0 Å². The fraction of sp³-hybridized carbons (Fsp3) is 0.130. The van der Waals surface area contributed by atoms with Crippen LogP contribution in [0.2, 0.25) is 0 Å². The molecule has 0 radical (unpaired) electrons. The quantitative estimate of drug-likeness (QED) is 0.457. The van der Waals surface area contributed by atoms with E-state index in [0.29, 0.717) is 39.5 Å². The summed E-state index contributed by atoms with van der Waals surface area (Å²) < 4.78 is 25.0. The zero-order valence-electron chi connectivity index (χ0n) is 17.2. The Kier molecular flexibility index (Phi) is 5.44. The van der Waals surface area contributed by atoms with E-state index >= 15 is 0 Å². The highest BCUT2D eigenvalue weighted by Gasteiger charge is 2.30. The largest absolute Gasteiger partial charge is 0.495 e. The Bertz CT molecular complexity index is 1240. The molecule has 156 valence electrons. The first-order valence-corrected chi connectivity index (χ1v) is 9.47. The van der Waals surface area contributed by atoms with Crippen LogP contribution in [0.15, 0.2) is 65.6 Å². The number of aryl methyl sites for hydroxylation is 1. The molecule has 0 spiro atoms. The van der Waals surface area contributed by atoms with Gasteiger partial charge in [0.2, 0.25) is 11.8 Å². The lowest BCUT2D eigenvalue weighted by molar-refractivity contribution is -0.116. The molecule has 0 unspecified atom stereocenters. The van der Waals surface area contributed by atoms with Crippen LogP contribution >= 0.6 is 0 Å². The molecule has 0 aliphatic rings. The fourth-order valence-electron chi connectivity index (χ4n) is 3.33. The predicted octanol–water partition coefficient (Wildman–Crippen LogP) is 4.94. The van der Waals surface area contributed by atoms with E-state index in [9.17, 15) is 9.18 Å². The molecular weight excluding hydrogens is 399 g/mol. The third-order valence-electron chi connectivity index (χ3n) is 4.79. The van der Waals surface area contributed by atoms with Gasteiger partial charge in [-0.15, -0.1) is 0 Å². The lowest BCUT2D eigenvalue weighted by atomic mass is 10.0. The van der Waals surface area contributed by atoms with Crippen molar-refractivity contribution in [2.24, 2.45) is 0 Å². The number of anilines is 2. The Morgan fingerprint density at radius 3 is 2.65 bits per heavy atom. The van der Waals surface area contributed by atoms with Gasteiger partial charge in [0.1, 0.15) is 23.6 Å². The number of halogens is 1. The Labute approximate surface area is 178 Å². The van der Waals surface area contributed by atoms with Crippen LogP contribution in [0.25, 0.3) is 22.5 Å². The van der Waals surface area contributed by atoms with E-state index in [1.807, 2.05) is 0 Å². The highest BCUT2D eigenvalue weighted by molar-refractivity contribution is 6.04. The Morgan fingerprint density at radius 2 is 1.97 bits per heavy atom. The summed E-state index contributed by atoms with van der Waals surface area (Å²) >= 11 is 0. The van der Waals surface area contributed by atoms with Gasteiger partial charge in [-0.25, -0.2) is 19.3 Å². The lowest BCUT2D eigenvalue weighted by Crippen LogP contribution is -2.23. The van der Waals surface area contributed by atoms with Crippen molar-refractivity contribution in [3.8, 4) is 28.3 Å². The maximum atomic E-state index is 13.9. The number of hydrogen-bond acceptors (Lipinski definition) is 6. The van der Waals surface area contributed by atoms with Crippen LogP contribution in [0.4, 0.5) is 16.0 Å². The van der Waals surface area contributed by atoms with E-state index in [2.05, 4.69) is 15.1 Å². The number of nitrogens with zero attached hydrogens (tertiary/aromatic N) is 4. The molecule has 2 aromatic heterocycles. The second-order valence-corrected chi connectivity index (χ2v) is 6.80. The maximum absolute atomic E-state index is 13.9. The Hall–Kier alpha value is -4.07. The lowest BCUT2D eigenvalue weighted by Gasteiger charge is -2.21. The first-order chi connectivity index (χ1) is 15.0. The van der Waals surface area contributed by atoms with Crippen LogP contribution in [0, 0.1) is 12.7 Å². The van der Waals surface area contributed by atoms with Crippen LogP contribution in [-0.4, -0.2) is 28.1 Å². The fourth-order valence-corrected chi connectivity index (χ4v) is 3.33. The van der Waals surface area contributed by atoms with Gasteiger partial charge in [-0.3, -0.25) is 4.79 Å². The number of carbonyl (C=O) groups excluding carboxylic acids is 1. The predicted molar refractivity (Wildman–Crippen MR) is 113 cm³/mol. The number of benzene rings is 2. The van der Waals surface area contributed by atoms with Crippen molar-refractivity contribution in [3.63, 3.8) is 0 Å². The van der Waals surface area contributed by atoms with E-state index in [-0.39, 0.29) is 17.6 Å². The van der Waals surface area contributed by atoms with Gasteiger partial charge < -0.3 is 9.26 Å². The molecule has 31 heavy (non-hydrogen) atoms. The first-order valence-electron chi connectivity index (χ1n) is 9.47. The minimum atomic E-state index is -0.324. The second kappa shape index (κ2) is 8.35. The number of methoxy groups -OCH3 is 1. The van der Waals surface area contributed by atoms with Gasteiger partial charge in [0, 0.05) is 18.7 Å². The Balaban J connectivity index is 1.98. The molecule has 4 rings (SSSR count). The standard InChI is InChI=1S/C23H19FN4O3/c1-14-12-16(8-9-17(14)24)22-21(18-10-11-25-13-26-18)23(31-27-22)28(15(2)29)19-6-4-5-7-20(19)30-3/h4-13H,1-3H3. The third kappa shape index (κ3) is 3.75. The molecule has 1 amide bonds. The summed E-state index contributed by atoms with van der Waals surface area (Å²) in [7, 11) is 1.52. The summed E-state index contributed by atoms with van der Waals surface area (Å²) in [6.07, 6.45) is 2.98. The first kappa shape index (κ1) is 20.2. The summed E-state index contributed by atoms with van der Waals surface area (Å²) in [4.78, 5) is 22.4. The number of hydrogen-bond donors (Lipinski definition) is 0. The van der Waals surface area contributed by atoms with Crippen LogP contribution < -0.4 is 9.64 Å². The normalized spacial score (nSPS) is 10.7. The molecule has 0 atom stereocenters. The SMILES string of the molecule is COc1ccccc1N(C(C)=O)c1onc(-c2ccc(F)c(C)c2)c1-c1ccncn1. The molecule has 2 heterocycles. The van der Waals surface area contributed by atoms with E-state index in [4.69, 9.17) is 9.26 Å². The van der Waals surface area contributed by atoms with Crippen LogP contribution in [-0.2, 0) is 4.79 Å². The monoisotopic (exact) mass is 418 g/mol. The van der Waals surface area contributed by atoms with Gasteiger partial charge in [0.25, 0.3) is 0 Å². The minimum Gasteiger partial charge on any atom is -0.495 e. The van der Waals surface area contributed by atoms with Gasteiger partial charge in [-0.05, 0) is 48.9 Å². The summed E-state index contributed by atoms with van der Waals surface area (Å²) in [6.45, 7) is 3.08. The average Bonchev–Trinajstić information content (AvgIpc) is 3.21. The van der Waals surface area contributed by atoms with E-state index in [1.54, 1.807) is 55.6 Å². The van der Waals surface area contributed by atoms with Crippen molar-refractivity contribution in [3.05, 3.63) is 72.4 Å². The number of aromatic nitrogens is 3. The van der Waals surface area contributed by atoms with Crippen molar-refractivity contribution < 1.29 is 18.4 Å². The number of ether oxygens (including phenoxy) is 1. The van der Waals surface area contributed by atoms with Crippen molar-refractivity contribution in [1.29, 1.82) is 0 Å². The molecule has 0 N–H and O–H groups in total. The molecular formula is C23H19FN4O3. The topological polar surface area (TPSA) is 81.4 Å². The molecule has 2 aromatic carbocycles. The summed E-state index contributed by atoms with van der Waals surface area (Å²) in [5, 5.41) is 4.23. The van der Waals surface area contributed by atoms with Gasteiger partial charge in [-0.2, -0.15) is 0 Å². The number of para-hydroxylation sites is 2. The van der Waals surface area contributed by atoms with Gasteiger partial charge in [-0.1, -0.05) is 17.3 Å². The molecule has 0 aliphatic carbocycles. The van der Waals surface area contributed by atoms with E-state index in [1.165, 1.54) is 31.3 Å². The molecule has 0 bridgehead atoms. The summed E-state index contributed by atoms with van der Waals surface area (Å²) in [6, 6.07) is 13.4.